The van der Waals surface area contributed by atoms with Gasteiger partial charge in [0.25, 0.3) is 0 Å². The third-order valence-corrected chi connectivity index (χ3v) is 3.14. The summed E-state index contributed by atoms with van der Waals surface area (Å²) in [7, 11) is 2.16. The molecule has 16 heavy (non-hydrogen) atoms. The molecule has 4 nitrogen and oxygen atoms in total. The molecule has 4 heteroatoms. The number of aromatic nitrogens is 1. The maximum atomic E-state index is 9.17. The molecule has 0 aromatic carbocycles. The summed E-state index contributed by atoms with van der Waals surface area (Å²) < 4.78 is 0. The van der Waals surface area contributed by atoms with E-state index in [1.165, 1.54) is 6.20 Å². The molecular formula is C12H19N3O. The minimum absolute atomic E-state index is 0.232. The third kappa shape index (κ3) is 2.71. The van der Waals surface area contributed by atoms with Gasteiger partial charge in [-0.25, -0.2) is 0 Å². The maximum absolute atomic E-state index is 9.17. The zero-order valence-electron chi connectivity index (χ0n) is 9.93. The molecule has 2 heterocycles. The standard InChI is InChI=1S/C12H19N3O/c1-10-8-14(2)5-6-15(10)9-11-3-4-12(16)7-13-11/h3-4,7,10,16H,5-6,8-9H2,1-2H3. The van der Waals surface area contributed by atoms with Crippen molar-refractivity contribution in [1.29, 1.82) is 0 Å². The first-order chi connectivity index (χ1) is 7.65. The highest BCUT2D eigenvalue weighted by atomic mass is 16.3. The third-order valence-electron chi connectivity index (χ3n) is 3.14. The Balaban J connectivity index is 1.96. The van der Waals surface area contributed by atoms with E-state index in [-0.39, 0.29) is 5.75 Å². The van der Waals surface area contributed by atoms with Gasteiger partial charge >= 0.3 is 0 Å². The van der Waals surface area contributed by atoms with Gasteiger partial charge in [0.05, 0.1) is 11.9 Å². The van der Waals surface area contributed by atoms with E-state index in [9.17, 15) is 0 Å². The molecule has 1 aromatic heterocycles. The monoisotopic (exact) mass is 221 g/mol. The SMILES string of the molecule is CC1CN(C)CCN1Cc1ccc(O)cn1. The van der Waals surface area contributed by atoms with Crippen molar-refractivity contribution in [1.82, 2.24) is 14.8 Å². The Labute approximate surface area is 96.5 Å². The van der Waals surface area contributed by atoms with Crippen molar-refractivity contribution in [3.8, 4) is 5.75 Å². The van der Waals surface area contributed by atoms with Crippen molar-refractivity contribution in [3.05, 3.63) is 24.0 Å². The predicted octanol–water partition coefficient (Wildman–Crippen LogP) is 0.923. The lowest BCUT2D eigenvalue weighted by Crippen LogP contribution is -2.49. The quantitative estimate of drug-likeness (QED) is 0.806. The first-order valence-electron chi connectivity index (χ1n) is 5.71. The number of piperazine rings is 1. The van der Waals surface area contributed by atoms with Crippen LogP contribution in [0.4, 0.5) is 0 Å². The van der Waals surface area contributed by atoms with E-state index in [0.29, 0.717) is 6.04 Å². The van der Waals surface area contributed by atoms with Gasteiger partial charge in [0, 0.05) is 32.2 Å². The summed E-state index contributed by atoms with van der Waals surface area (Å²) in [6, 6.07) is 4.15. The molecule has 0 radical (unpaired) electrons. The van der Waals surface area contributed by atoms with Crippen LogP contribution in [0.25, 0.3) is 0 Å². The number of rotatable bonds is 2. The van der Waals surface area contributed by atoms with E-state index in [1.807, 2.05) is 6.07 Å². The molecule has 1 saturated heterocycles. The van der Waals surface area contributed by atoms with Crippen LogP contribution in [0.15, 0.2) is 18.3 Å². The summed E-state index contributed by atoms with van der Waals surface area (Å²) in [6.45, 7) is 6.42. The minimum Gasteiger partial charge on any atom is -0.506 e. The summed E-state index contributed by atoms with van der Waals surface area (Å²) in [5.74, 6) is 0.232. The molecule has 1 aliphatic rings. The van der Waals surface area contributed by atoms with E-state index < -0.39 is 0 Å². The Kier molecular flexibility index (Phi) is 3.41. The van der Waals surface area contributed by atoms with E-state index in [1.54, 1.807) is 6.07 Å². The molecule has 2 rings (SSSR count). The molecular weight excluding hydrogens is 202 g/mol. The highest BCUT2D eigenvalue weighted by molar-refractivity contribution is 5.17. The van der Waals surface area contributed by atoms with Crippen LogP contribution in [-0.4, -0.2) is 52.6 Å². The summed E-state index contributed by atoms with van der Waals surface area (Å²) in [5.41, 5.74) is 1.02. The summed E-state index contributed by atoms with van der Waals surface area (Å²) in [6.07, 6.45) is 1.51. The second-order valence-corrected chi connectivity index (χ2v) is 4.59. The maximum Gasteiger partial charge on any atom is 0.133 e. The van der Waals surface area contributed by atoms with Crippen LogP contribution in [0.3, 0.4) is 0 Å². The van der Waals surface area contributed by atoms with Gasteiger partial charge < -0.3 is 10.0 Å². The van der Waals surface area contributed by atoms with Crippen LogP contribution in [0, 0.1) is 0 Å². The first kappa shape index (κ1) is 11.4. The van der Waals surface area contributed by atoms with Crippen LogP contribution in [-0.2, 0) is 6.54 Å². The van der Waals surface area contributed by atoms with E-state index >= 15 is 0 Å². The molecule has 0 spiro atoms. The molecule has 0 saturated carbocycles. The molecule has 0 bridgehead atoms. The van der Waals surface area contributed by atoms with Gasteiger partial charge in [-0.2, -0.15) is 0 Å². The Hall–Kier alpha value is -1.13. The summed E-state index contributed by atoms with van der Waals surface area (Å²) in [5, 5.41) is 9.17. The average Bonchev–Trinajstić information content (AvgIpc) is 2.25. The van der Waals surface area contributed by atoms with Gasteiger partial charge in [-0.1, -0.05) is 0 Å². The highest BCUT2D eigenvalue weighted by Crippen LogP contribution is 2.13. The number of likely N-dealkylation sites (N-methyl/N-ethyl adjacent to an activating group) is 1. The second-order valence-electron chi connectivity index (χ2n) is 4.59. The Morgan fingerprint density at radius 1 is 1.44 bits per heavy atom. The number of hydrogen-bond acceptors (Lipinski definition) is 4. The van der Waals surface area contributed by atoms with Gasteiger partial charge in [0.2, 0.25) is 0 Å². The molecule has 1 atom stereocenters. The Bertz CT molecular complexity index is 339. The van der Waals surface area contributed by atoms with E-state index in [2.05, 4.69) is 28.8 Å². The molecule has 88 valence electrons. The lowest BCUT2D eigenvalue weighted by atomic mass is 10.2. The molecule has 1 fully saturated rings. The lowest BCUT2D eigenvalue weighted by Gasteiger charge is -2.37. The summed E-state index contributed by atoms with van der Waals surface area (Å²) >= 11 is 0. The normalized spacial score (nSPS) is 23.5. The zero-order valence-corrected chi connectivity index (χ0v) is 9.93. The fraction of sp³-hybridized carbons (Fsp3) is 0.583. The van der Waals surface area contributed by atoms with Crippen molar-refractivity contribution in [2.24, 2.45) is 0 Å². The first-order valence-corrected chi connectivity index (χ1v) is 5.71. The number of hydrogen-bond donors (Lipinski definition) is 1. The molecule has 1 aromatic rings. The fourth-order valence-electron chi connectivity index (χ4n) is 2.13. The van der Waals surface area contributed by atoms with Gasteiger partial charge in [-0.05, 0) is 26.1 Å². The summed E-state index contributed by atoms with van der Waals surface area (Å²) in [4.78, 5) is 9.00. The smallest absolute Gasteiger partial charge is 0.133 e. The van der Waals surface area contributed by atoms with Gasteiger partial charge in [0.1, 0.15) is 5.75 Å². The van der Waals surface area contributed by atoms with E-state index in [0.717, 1.165) is 31.9 Å². The van der Waals surface area contributed by atoms with Crippen LogP contribution in [0.2, 0.25) is 0 Å². The van der Waals surface area contributed by atoms with Gasteiger partial charge in [-0.3, -0.25) is 9.88 Å². The zero-order chi connectivity index (χ0) is 11.5. The molecule has 1 aliphatic heterocycles. The van der Waals surface area contributed by atoms with Crippen molar-refractivity contribution in [3.63, 3.8) is 0 Å². The second kappa shape index (κ2) is 4.80. The molecule has 1 N–H and O–H groups in total. The largest absolute Gasteiger partial charge is 0.506 e. The van der Waals surface area contributed by atoms with Crippen molar-refractivity contribution >= 4 is 0 Å². The van der Waals surface area contributed by atoms with Crippen LogP contribution < -0.4 is 0 Å². The Morgan fingerprint density at radius 3 is 2.88 bits per heavy atom. The van der Waals surface area contributed by atoms with Gasteiger partial charge in [-0.15, -0.1) is 0 Å². The van der Waals surface area contributed by atoms with Crippen molar-refractivity contribution in [2.45, 2.75) is 19.5 Å². The Morgan fingerprint density at radius 2 is 2.25 bits per heavy atom. The van der Waals surface area contributed by atoms with Gasteiger partial charge in [0.15, 0.2) is 0 Å². The fourth-order valence-corrected chi connectivity index (χ4v) is 2.13. The minimum atomic E-state index is 0.232. The van der Waals surface area contributed by atoms with Crippen LogP contribution in [0.1, 0.15) is 12.6 Å². The molecule has 0 amide bonds. The molecule has 1 unspecified atom stereocenters. The highest BCUT2D eigenvalue weighted by Gasteiger charge is 2.21. The predicted molar refractivity (Wildman–Crippen MR) is 63.3 cm³/mol. The van der Waals surface area contributed by atoms with Crippen LogP contribution in [0.5, 0.6) is 5.75 Å². The molecule has 0 aliphatic carbocycles. The van der Waals surface area contributed by atoms with Crippen molar-refractivity contribution in [2.75, 3.05) is 26.7 Å². The number of pyridine rings is 1. The lowest BCUT2D eigenvalue weighted by molar-refractivity contribution is 0.0927. The topological polar surface area (TPSA) is 39.6 Å². The number of nitrogens with zero attached hydrogens (tertiary/aromatic N) is 3. The number of aromatic hydroxyl groups is 1. The van der Waals surface area contributed by atoms with Crippen molar-refractivity contribution < 1.29 is 5.11 Å². The van der Waals surface area contributed by atoms with Crippen LogP contribution >= 0.6 is 0 Å². The average molecular weight is 221 g/mol. The van der Waals surface area contributed by atoms with E-state index in [4.69, 9.17) is 5.11 Å².